The van der Waals surface area contributed by atoms with Crippen LogP contribution in [0.5, 0.6) is 11.8 Å². The third-order valence-electron chi connectivity index (χ3n) is 11.0. The van der Waals surface area contributed by atoms with E-state index in [1.54, 1.807) is 0 Å². The Morgan fingerprint density at radius 3 is 2.02 bits per heavy atom. The van der Waals surface area contributed by atoms with E-state index in [1.807, 2.05) is 110 Å². The van der Waals surface area contributed by atoms with Crippen LogP contribution in [0.4, 0.5) is 10.5 Å². The zero-order valence-electron chi connectivity index (χ0n) is 31.8. The Morgan fingerprint density at radius 1 is 0.792 bits per heavy atom. The van der Waals surface area contributed by atoms with Gasteiger partial charge in [0, 0.05) is 50.4 Å². The topological polar surface area (TPSA) is 82.0 Å². The first-order valence-corrected chi connectivity index (χ1v) is 19.2. The number of ether oxygens (including phenoxy) is 3. The minimum atomic E-state index is -0.456. The number of pyridine rings is 1. The number of benzene rings is 3. The van der Waals surface area contributed by atoms with Crippen molar-refractivity contribution < 1.29 is 19.0 Å². The van der Waals surface area contributed by atoms with E-state index in [9.17, 15) is 4.79 Å². The molecular formula is C44H53N5O4. The molecule has 278 valence electrons. The molecule has 3 aromatic carbocycles. The Hall–Kier alpha value is -5.05. The average molecular weight is 716 g/mol. The summed E-state index contributed by atoms with van der Waals surface area (Å²) in [5.74, 6) is 2.98. The van der Waals surface area contributed by atoms with Gasteiger partial charge in [-0.1, -0.05) is 67.6 Å². The summed E-state index contributed by atoms with van der Waals surface area (Å²) in [7, 11) is 2.01. The predicted molar refractivity (Wildman–Crippen MR) is 210 cm³/mol. The first-order chi connectivity index (χ1) is 25.6. The molecule has 0 unspecified atom stereocenters. The van der Waals surface area contributed by atoms with Crippen molar-refractivity contribution >= 4 is 22.7 Å². The van der Waals surface area contributed by atoms with Crippen molar-refractivity contribution in [2.75, 3.05) is 31.1 Å². The average Bonchev–Trinajstić information content (AvgIpc) is 3.51. The van der Waals surface area contributed by atoms with Gasteiger partial charge in [-0.2, -0.15) is 10.1 Å². The quantitative estimate of drug-likeness (QED) is 0.143. The number of hydrogen-bond acceptors (Lipinski definition) is 7. The van der Waals surface area contributed by atoms with E-state index in [-0.39, 0.29) is 6.09 Å². The Morgan fingerprint density at radius 2 is 1.40 bits per heavy atom. The van der Waals surface area contributed by atoms with Crippen molar-refractivity contribution in [1.29, 1.82) is 0 Å². The first-order valence-electron chi connectivity index (χ1n) is 19.2. The highest BCUT2D eigenvalue weighted by Gasteiger charge is 2.34. The SMILES string of the molecule is C[C@@H](C1CCN(C(=O)OC(C)(C)C)CC1)C1CCN(c2ccc3c(-c4ccc(OCc5ccccc5)nc4OCc4ccccc4)nn(C)c3c2)CC1. The number of carbonyl (C=O) groups is 1. The number of piperidine rings is 2. The van der Waals surface area contributed by atoms with Crippen LogP contribution in [0.1, 0.15) is 64.5 Å². The molecule has 0 spiro atoms. The molecule has 9 nitrogen and oxygen atoms in total. The van der Waals surface area contributed by atoms with Crippen molar-refractivity contribution in [2.45, 2.75) is 72.2 Å². The monoisotopic (exact) mass is 715 g/mol. The number of rotatable bonds is 10. The van der Waals surface area contributed by atoms with E-state index in [0.29, 0.717) is 42.7 Å². The molecule has 7 rings (SSSR count). The number of nitrogens with zero attached hydrogens (tertiary/aromatic N) is 5. The van der Waals surface area contributed by atoms with E-state index in [4.69, 9.17) is 24.3 Å². The van der Waals surface area contributed by atoms with Crippen LogP contribution in [0.3, 0.4) is 0 Å². The highest BCUT2D eigenvalue weighted by Crippen LogP contribution is 2.39. The highest BCUT2D eigenvalue weighted by molar-refractivity contribution is 5.96. The molecule has 5 aromatic rings. The maximum absolute atomic E-state index is 12.6. The van der Waals surface area contributed by atoms with Gasteiger partial charge in [0.15, 0.2) is 0 Å². The second kappa shape index (κ2) is 15.9. The van der Waals surface area contributed by atoms with E-state index in [2.05, 4.69) is 30.0 Å². The molecule has 2 fully saturated rings. The number of hydrogen-bond donors (Lipinski definition) is 0. The van der Waals surface area contributed by atoms with E-state index in [1.165, 1.54) is 18.5 Å². The number of amides is 1. The zero-order valence-corrected chi connectivity index (χ0v) is 31.8. The second-order valence-electron chi connectivity index (χ2n) is 15.7. The highest BCUT2D eigenvalue weighted by atomic mass is 16.6. The normalized spacial score (nSPS) is 16.5. The fraction of sp³-hybridized carbons (Fsp3) is 0.432. The number of aromatic nitrogens is 3. The molecule has 2 aliphatic rings. The Bertz CT molecular complexity index is 1970. The van der Waals surface area contributed by atoms with Gasteiger partial charge in [0.05, 0.1) is 11.1 Å². The molecule has 0 bridgehead atoms. The van der Waals surface area contributed by atoms with Crippen LogP contribution >= 0.6 is 0 Å². The maximum Gasteiger partial charge on any atom is 0.410 e. The molecule has 1 atom stereocenters. The summed E-state index contributed by atoms with van der Waals surface area (Å²) >= 11 is 0. The van der Waals surface area contributed by atoms with Crippen LogP contribution in [0.2, 0.25) is 0 Å². The predicted octanol–water partition coefficient (Wildman–Crippen LogP) is 9.29. The molecule has 9 heteroatoms. The lowest BCUT2D eigenvalue weighted by molar-refractivity contribution is 0.0142. The fourth-order valence-electron chi connectivity index (χ4n) is 7.90. The van der Waals surface area contributed by atoms with E-state index in [0.717, 1.165) is 72.3 Å². The lowest BCUT2D eigenvalue weighted by Gasteiger charge is -2.41. The minimum absolute atomic E-state index is 0.176. The van der Waals surface area contributed by atoms with Crippen molar-refractivity contribution in [3.63, 3.8) is 0 Å². The number of anilines is 1. The van der Waals surface area contributed by atoms with Crippen LogP contribution in [-0.4, -0.2) is 57.5 Å². The van der Waals surface area contributed by atoms with E-state index >= 15 is 0 Å². The maximum atomic E-state index is 12.6. The standard InChI is InChI=1S/C44H53N5O4/c1-31(35-22-26-49(27-23-35)43(50)53-44(2,3)4)34-20-24-48(25-21-34)36-16-17-37-39(28-36)47(5)46-41(37)38-18-19-40(51-29-32-12-8-6-9-13-32)45-42(38)52-30-33-14-10-7-11-15-33/h6-19,28,31,34-35H,20-27,29-30H2,1-5H3/t31-/m1/s1. The molecule has 2 aliphatic heterocycles. The first kappa shape index (κ1) is 36.3. The molecule has 0 aliphatic carbocycles. The molecule has 53 heavy (non-hydrogen) atoms. The van der Waals surface area contributed by atoms with Crippen molar-refractivity contribution in [3.8, 4) is 23.0 Å². The van der Waals surface area contributed by atoms with Crippen molar-refractivity contribution in [3.05, 3.63) is 102 Å². The molecule has 0 saturated carbocycles. The van der Waals surface area contributed by atoms with Crippen LogP contribution in [-0.2, 0) is 25.0 Å². The molecule has 0 radical (unpaired) electrons. The van der Waals surface area contributed by atoms with Gasteiger partial charge in [0.2, 0.25) is 11.8 Å². The lowest BCUT2D eigenvalue weighted by Crippen LogP contribution is -2.44. The molecule has 0 N–H and O–H groups in total. The van der Waals surface area contributed by atoms with Crippen LogP contribution < -0.4 is 14.4 Å². The molecular weight excluding hydrogens is 663 g/mol. The summed E-state index contributed by atoms with van der Waals surface area (Å²) in [5.41, 5.74) is 5.65. The van der Waals surface area contributed by atoms with Crippen LogP contribution in [0.25, 0.3) is 22.2 Å². The van der Waals surface area contributed by atoms with Gasteiger partial charge in [-0.25, -0.2) is 4.79 Å². The summed E-state index contributed by atoms with van der Waals surface area (Å²) in [4.78, 5) is 21.8. The minimum Gasteiger partial charge on any atom is -0.473 e. The van der Waals surface area contributed by atoms with Gasteiger partial charge in [-0.15, -0.1) is 0 Å². The van der Waals surface area contributed by atoms with Gasteiger partial charge in [0.1, 0.15) is 24.5 Å². The van der Waals surface area contributed by atoms with Crippen LogP contribution in [0.15, 0.2) is 91.0 Å². The third kappa shape index (κ3) is 8.78. The van der Waals surface area contributed by atoms with Gasteiger partial charge >= 0.3 is 6.09 Å². The third-order valence-corrected chi connectivity index (χ3v) is 11.0. The number of aryl methyl sites for hydroxylation is 1. The Balaban J connectivity index is 1.03. The number of fused-ring (bicyclic) bond motifs is 1. The molecule has 4 heterocycles. The van der Waals surface area contributed by atoms with Gasteiger partial charge in [-0.3, -0.25) is 4.68 Å². The Labute approximate surface area is 313 Å². The van der Waals surface area contributed by atoms with Crippen LogP contribution in [0, 0.1) is 17.8 Å². The summed E-state index contributed by atoms with van der Waals surface area (Å²) in [6.45, 7) is 12.7. The lowest BCUT2D eigenvalue weighted by atomic mass is 9.74. The Kier molecular flexibility index (Phi) is 10.9. The summed E-state index contributed by atoms with van der Waals surface area (Å²) in [6.07, 6.45) is 4.28. The molecule has 2 aromatic heterocycles. The largest absolute Gasteiger partial charge is 0.473 e. The zero-order chi connectivity index (χ0) is 37.0. The van der Waals surface area contributed by atoms with Gasteiger partial charge < -0.3 is 24.0 Å². The van der Waals surface area contributed by atoms with Gasteiger partial charge in [0.25, 0.3) is 0 Å². The fourth-order valence-corrected chi connectivity index (χ4v) is 7.90. The molecule has 2 saturated heterocycles. The summed E-state index contributed by atoms with van der Waals surface area (Å²) < 4.78 is 20.1. The second-order valence-corrected chi connectivity index (χ2v) is 15.7. The smallest absolute Gasteiger partial charge is 0.410 e. The van der Waals surface area contributed by atoms with Crippen molar-refractivity contribution in [1.82, 2.24) is 19.7 Å². The number of carbonyl (C=O) groups excluding carboxylic acids is 1. The van der Waals surface area contributed by atoms with Gasteiger partial charge in [-0.05, 0) is 99.6 Å². The number of likely N-dealkylation sites (tertiary alicyclic amines) is 1. The van der Waals surface area contributed by atoms with E-state index < -0.39 is 5.60 Å². The summed E-state index contributed by atoms with van der Waals surface area (Å²) in [6, 6.07) is 30.8. The summed E-state index contributed by atoms with van der Waals surface area (Å²) in [5, 5.41) is 6.07. The molecule has 1 amide bonds. The van der Waals surface area contributed by atoms with Crippen molar-refractivity contribution in [2.24, 2.45) is 24.8 Å².